The summed E-state index contributed by atoms with van der Waals surface area (Å²) in [7, 11) is 1.50. The number of benzene rings is 2. The summed E-state index contributed by atoms with van der Waals surface area (Å²) in [5.41, 5.74) is 0.803. The summed E-state index contributed by atoms with van der Waals surface area (Å²) >= 11 is 5.96. The highest BCUT2D eigenvalue weighted by atomic mass is 35.5. The summed E-state index contributed by atoms with van der Waals surface area (Å²) in [5, 5.41) is 9.31. The molecule has 0 amide bonds. The summed E-state index contributed by atoms with van der Waals surface area (Å²) in [4.78, 5) is 12.0. The smallest absolute Gasteiger partial charge is 0.201 e. The number of methoxy groups -OCH3 is 1. The minimum atomic E-state index is -0.234. The molecule has 4 nitrogen and oxygen atoms in total. The Labute approximate surface area is 127 Å². The van der Waals surface area contributed by atoms with Crippen molar-refractivity contribution in [1.82, 2.24) is 0 Å². The molecule has 0 heterocycles. The van der Waals surface area contributed by atoms with Crippen LogP contribution >= 0.6 is 11.6 Å². The van der Waals surface area contributed by atoms with Gasteiger partial charge in [0.1, 0.15) is 11.5 Å². The Bertz CT molecular complexity index is 707. The number of ketones is 1. The topological polar surface area (TPSA) is 59.3 Å². The number of rotatable bonds is 5. The van der Waals surface area contributed by atoms with Crippen molar-refractivity contribution in [3.05, 3.63) is 58.6 Å². The predicted molar refractivity (Wildman–Crippen MR) is 79.0 cm³/mol. The molecule has 0 aromatic heterocycles. The monoisotopic (exact) mass is 301 g/mol. The molecule has 0 bridgehead atoms. The first kappa shape index (κ1) is 14.9. The first-order valence-corrected chi connectivity index (χ1v) is 6.51. The fraction of sp³-hybridized carbons (Fsp3) is 0.125. The number of carbonyl (C=O) groups excluding carboxylic acids is 1. The first-order chi connectivity index (χ1) is 10.1. The highest BCUT2D eigenvalue weighted by Gasteiger charge is 2.11. The van der Waals surface area contributed by atoms with Gasteiger partial charge in [0.25, 0.3) is 0 Å². The van der Waals surface area contributed by atoms with E-state index in [1.165, 1.54) is 7.11 Å². The molecular formula is C16H12ClNO3. The maximum Gasteiger partial charge on any atom is 0.201 e. The maximum atomic E-state index is 12.0. The lowest BCUT2D eigenvalue weighted by atomic mass is 10.1. The fourth-order valence-corrected chi connectivity index (χ4v) is 1.99. The second-order valence-corrected chi connectivity index (χ2v) is 4.61. The van der Waals surface area contributed by atoms with Gasteiger partial charge in [0.15, 0.2) is 6.61 Å². The number of hydrogen-bond acceptors (Lipinski definition) is 4. The molecule has 106 valence electrons. The molecule has 2 aromatic rings. The Hall–Kier alpha value is -2.51. The molecule has 21 heavy (non-hydrogen) atoms. The van der Waals surface area contributed by atoms with E-state index in [2.05, 4.69) is 0 Å². The van der Waals surface area contributed by atoms with E-state index in [0.29, 0.717) is 27.6 Å². The molecule has 0 fully saturated rings. The van der Waals surface area contributed by atoms with Crippen molar-refractivity contribution in [1.29, 1.82) is 5.26 Å². The van der Waals surface area contributed by atoms with Gasteiger partial charge in [0.05, 0.1) is 23.8 Å². The van der Waals surface area contributed by atoms with Crippen LogP contribution in [0.25, 0.3) is 0 Å². The van der Waals surface area contributed by atoms with Crippen LogP contribution in [0.2, 0.25) is 5.02 Å². The van der Waals surface area contributed by atoms with Crippen molar-refractivity contribution < 1.29 is 14.3 Å². The van der Waals surface area contributed by atoms with Gasteiger partial charge in [-0.05, 0) is 24.3 Å². The Morgan fingerprint density at radius 2 is 1.95 bits per heavy atom. The zero-order chi connectivity index (χ0) is 15.2. The van der Waals surface area contributed by atoms with Gasteiger partial charge in [-0.25, -0.2) is 0 Å². The van der Waals surface area contributed by atoms with Crippen molar-refractivity contribution in [2.75, 3.05) is 13.7 Å². The molecule has 0 radical (unpaired) electrons. The third kappa shape index (κ3) is 3.74. The molecule has 0 unspecified atom stereocenters. The summed E-state index contributed by atoms with van der Waals surface area (Å²) in [6.45, 7) is -0.165. The van der Waals surface area contributed by atoms with E-state index >= 15 is 0 Å². The number of nitrogens with zero attached hydrogens (tertiary/aromatic N) is 1. The van der Waals surface area contributed by atoms with Gasteiger partial charge in [0.2, 0.25) is 5.78 Å². The second-order valence-electron chi connectivity index (χ2n) is 4.20. The third-order valence-corrected chi connectivity index (χ3v) is 3.12. The van der Waals surface area contributed by atoms with Crippen LogP contribution in [-0.4, -0.2) is 19.5 Å². The zero-order valence-corrected chi connectivity index (χ0v) is 12.1. The predicted octanol–water partition coefficient (Wildman–Crippen LogP) is 3.48. The summed E-state index contributed by atoms with van der Waals surface area (Å²) in [6.07, 6.45) is 0. The lowest BCUT2D eigenvalue weighted by molar-refractivity contribution is 0.0921. The quantitative estimate of drug-likeness (QED) is 0.793. The molecule has 0 N–H and O–H groups in total. The van der Waals surface area contributed by atoms with E-state index in [-0.39, 0.29) is 12.4 Å². The second kappa shape index (κ2) is 6.78. The standard InChI is InChI=1S/C16H12ClNO3/c1-20-12-6-11(9-18)7-13(8-12)21-10-16(19)14-4-2-3-5-15(14)17/h2-8H,10H2,1H3. The minimum Gasteiger partial charge on any atom is -0.497 e. The van der Waals surface area contributed by atoms with Crippen molar-refractivity contribution in [3.8, 4) is 17.6 Å². The Balaban J connectivity index is 2.12. The molecular weight excluding hydrogens is 290 g/mol. The number of nitriles is 1. The highest BCUT2D eigenvalue weighted by Crippen LogP contribution is 2.23. The number of carbonyl (C=O) groups is 1. The van der Waals surface area contributed by atoms with Crippen molar-refractivity contribution >= 4 is 17.4 Å². The largest absolute Gasteiger partial charge is 0.497 e. The van der Waals surface area contributed by atoms with Crippen LogP contribution in [0.4, 0.5) is 0 Å². The third-order valence-electron chi connectivity index (χ3n) is 2.79. The molecule has 0 spiro atoms. The molecule has 2 rings (SSSR count). The lowest BCUT2D eigenvalue weighted by Gasteiger charge is -2.08. The van der Waals surface area contributed by atoms with Crippen molar-refractivity contribution in [2.45, 2.75) is 0 Å². The average Bonchev–Trinajstić information content (AvgIpc) is 2.52. The number of Topliss-reactive ketones (excluding diaryl/α,β-unsaturated/α-hetero) is 1. The molecule has 5 heteroatoms. The summed E-state index contributed by atoms with van der Waals surface area (Å²) in [5.74, 6) is 0.655. The number of ether oxygens (including phenoxy) is 2. The van der Waals surface area contributed by atoms with Gasteiger partial charge in [-0.15, -0.1) is 0 Å². The molecule has 0 saturated carbocycles. The SMILES string of the molecule is COc1cc(C#N)cc(OCC(=O)c2ccccc2Cl)c1. The van der Waals surface area contributed by atoms with Crippen LogP contribution in [0.3, 0.4) is 0 Å². The van der Waals surface area contributed by atoms with Gasteiger partial charge in [0, 0.05) is 11.6 Å². The van der Waals surface area contributed by atoms with Crippen molar-refractivity contribution in [2.24, 2.45) is 0 Å². The van der Waals surface area contributed by atoms with E-state index < -0.39 is 0 Å². The summed E-state index contributed by atoms with van der Waals surface area (Å²) < 4.78 is 10.5. The average molecular weight is 302 g/mol. The van der Waals surface area contributed by atoms with Crippen LogP contribution in [-0.2, 0) is 0 Å². The maximum absolute atomic E-state index is 12.0. The molecule has 0 atom stereocenters. The van der Waals surface area contributed by atoms with Crippen LogP contribution in [0.5, 0.6) is 11.5 Å². The first-order valence-electron chi connectivity index (χ1n) is 6.13. The normalized spacial score (nSPS) is 9.76. The van der Waals surface area contributed by atoms with E-state index in [0.717, 1.165) is 0 Å². The molecule has 0 aliphatic carbocycles. The van der Waals surface area contributed by atoms with Gasteiger partial charge in [-0.3, -0.25) is 4.79 Å². The van der Waals surface area contributed by atoms with Gasteiger partial charge in [-0.1, -0.05) is 23.7 Å². The van der Waals surface area contributed by atoms with E-state index in [1.54, 1.807) is 42.5 Å². The van der Waals surface area contributed by atoms with Crippen molar-refractivity contribution in [3.63, 3.8) is 0 Å². The van der Waals surface area contributed by atoms with E-state index in [4.69, 9.17) is 26.3 Å². The fourth-order valence-electron chi connectivity index (χ4n) is 1.75. The van der Waals surface area contributed by atoms with Crippen LogP contribution in [0.15, 0.2) is 42.5 Å². The van der Waals surface area contributed by atoms with Crippen LogP contribution < -0.4 is 9.47 Å². The minimum absolute atomic E-state index is 0.165. The number of halogens is 1. The lowest BCUT2D eigenvalue weighted by Crippen LogP contribution is -2.12. The van der Waals surface area contributed by atoms with Gasteiger partial charge < -0.3 is 9.47 Å². The molecule has 0 saturated heterocycles. The Morgan fingerprint density at radius 3 is 2.62 bits per heavy atom. The van der Waals surface area contributed by atoms with Gasteiger partial charge in [-0.2, -0.15) is 5.26 Å². The molecule has 2 aromatic carbocycles. The van der Waals surface area contributed by atoms with Gasteiger partial charge >= 0.3 is 0 Å². The Morgan fingerprint density at radius 1 is 1.24 bits per heavy atom. The number of hydrogen-bond donors (Lipinski definition) is 0. The highest BCUT2D eigenvalue weighted by molar-refractivity contribution is 6.34. The van der Waals surface area contributed by atoms with E-state index in [1.807, 2.05) is 6.07 Å². The zero-order valence-electron chi connectivity index (χ0n) is 11.3. The molecule has 0 aliphatic rings. The summed E-state index contributed by atoms with van der Waals surface area (Å²) in [6, 6.07) is 13.5. The molecule has 0 aliphatic heterocycles. The van der Waals surface area contributed by atoms with Crippen LogP contribution in [0, 0.1) is 11.3 Å². The van der Waals surface area contributed by atoms with Crippen LogP contribution in [0.1, 0.15) is 15.9 Å². The Kier molecular flexibility index (Phi) is 4.81. The van der Waals surface area contributed by atoms with E-state index in [9.17, 15) is 4.79 Å².